The average molecular weight is 485 g/mol. The summed E-state index contributed by atoms with van der Waals surface area (Å²) in [7, 11) is 1.96. The van der Waals surface area contributed by atoms with Crippen LogP contribution in [0, 0.1) is 0 Å². The van der Waals surface area contributed by atoms with Crippen molar-refractivity contribution >= 4 is 17.7 Å². The number of hydrogen-bond donors (Lipinski definition) is 0. The van der Waals surface area contributed by atoms with Gasteiger partial charge in [0.1, 0.15) is 5.75 Å². The SMILES string of the molecule is CCc1ccc(O[C@@H](C)c2nnc(SCC(=O)N(C3CCCCC3)C3CCCCC3)n2C)cc1. The number of amides is 1. The Labute approximate surface area is 208 Å². The molecule has 7 heteroatoms. The van der Waals surface area contributed by atoms with Crippen molar-refractivity contribution < 1.29 is 9.53 Å². The van der Waals surface area contributed by atoms with Gasteiger partial charge in [0.2, 0.25) is 5.91 Å². The second-order valence-corrected chi connectivity index (χ2v) is 10.8. The maximum absolute atomic E-state index is 13.5. The van der Waals surface area contributed by atoms with Gasteiger partial charge in [-0.25, -0.2) is 0 Å². The molecule has 0 saturated heterocycles. The molecular formula is C27H40N4O2S. The zero-order valence-electron chi connectivity index (χ0n) is 21.0. The van der Waals surface area contributed by atoms with E-state index in [2.05, 4.69) is 34.2 Å². The molecule has 2 aliphatic rings. The predicted octanol–water partition coefficient (Wildman–Crippen LogP) is 6.10. The largest absolute Gasteiger partial charge is 0.483 e. The van der Waals surface area contributed by atoms with E-state index in [1.807, 2.05) is 30.7 Å². The first-order valence-corrected chi connectivity index (χ1v) is 14.1. The monoisotopic (exact) mass is 484 g/mol. The normalized spacial score (nSPS) is 18.6. The van der Waals surface area contributed by atoms with E-state index in [1.165, 1.54) is 55.9 Å². The lowest BCUT2D eigenvalue weighted by atomic mass is 9.88. The van der Waals surface area contributed by atoms with Gasteiger partial charge in [0, 0.05) is 19.1 Å². The molecule has 186 valence electrons. The van der Waals surface area contributed by atoms with Gasteiger partial charge >= 0.3 is 0 Å². The quantitative estimate of drug-likeness (QED) is 0.402. The van der Waals surface area contributed by atoms with Crippen LogP contribution in [0.2, 0.25) is 0 Å². The van der Waals surface area contributed by atoms with E-state index in [9.17, 15) is 4.79 Å². The first-order chi connectivity index (χ1) is 16.6. The predicted molar refractivity (Wildman–Crippen MR) is 137 cm³/mol. The van der Waals surface area contributed by atoms with E-state index < -0.39 is 0 Å². The molecule has 0 bridgehead atoms. The summed E-state index contributed by atoms with van der Waals surface area (Å²) in [6.07, 6.45) is 13.0. The van der Waals surface area contributed by atoms with Crippen molar-refractivity contribution in [3.8, 4) is 5.75 Å². The zero-order chi connectivity index (χ0) is 23.9. The third-order valence-corrected chi connectivity index (χ3v) is 8.43. The van der Waals surface area contributed by atoms with Crippen molar-refractivity contribution in [1.82, 2.24) is 19.7 Å². The average Bonchev–Trinajstić information content (AvgIpc) is 3.25. The van der Waals surface area contributed by atoms with Crippen LogP contribution in [0.1, 0.15) is 95.5 Å². The molecule has 6 nitrogen and oxygen atoms in total. The maximum atomic E-state index is 13.5. The van der Waals surface area contributed by atoms with Crippen molar-refractivity contribution in [3.05, 3.63) is 35.7 Å². The molecule has 1 amide bonds. The summed E-state index contributed by atoms with van der Waals surface area (Å²) < 4.78 is 8.08. The lowest BCUT2D eigenvalue weighted by Crippen LogP contribution is -2.49. The molecule has 1 heterocycles. The Hall–Kier alpha value is -2.02. The van der Waals surface area contributed by atoms with Crippen LogP contribution in [-0.2, 0) is 18.3 Å². The first-order valence-electron chi connectivity index (χ1n) is 13.2. The fraction of sp³-hybridized carbons (Fsp3) is 0.667. The molecule has 0 unspecified atom stereocenters. The number of rotatable bonds is 9. The Bertz CT molecular complexity index is 899. The van der Waals surface area contributed by atoms with Crippen molar-refractivity contribution in [2.24, 2.45) is 7.05 Å². The lowest BCUT2D eigenvalue weighted by Gasteiger charge is -2.41. The summed E-state index contributed by atoms with van der Waals surface area (Å²) >= 11 is 1.50. The van der Waals surface area contributed by atoms with Crippen LogP contribution in [0.25, 0.3) is 0 Å². The molecule has 2 fully saturated rings. The minimum Gasteiger partial charge on any atom is -0.483 e. The molecule has 2 saturated carbocycles. The highest BCUT2D eigenvalue weighted by atomic mass is 32.2. The third-order valence-electron chi connectivity index (χ3n) is 7.43. The Morgan fingerprint density at radius 2 is 1.62 bits per heavy atom. The molecule has 2 aliphatic carbocycles. The second-order valence-electron chi connectivity index (χ2n) is 9.83. The Morgan fingerprint density at radius 1 is 1.03 bits per heavy atom. The lowest BCUT2D eigenvalue weighted by molar-refractivity contribution is -0.135. The number of aromatic nitrogens is 3. The first kappa shape index (κ1) is 25.1. The smallest absolute Gasteiger partial charge is 0.233 e. The summed E-state index contributed by atoms with van der Waals surface area (Å²) in [6.45, 7) is 4.14. The topological polar surface area (TPSA) is 60.3 Å². The van der Waals surface area contributed by atoms with Crippen LogP contribution < -0.4 is 4.74 Å². The molecule has 4 rings (SSSR count). The van der Waals surface area contributed by atoms with Crippen LogP contribution in [0.4, 0.5) is 0 Å². The highest BCUT2D eigenvalue weighted by molar-refractivity contribution is 7.99. The van der Waals surface area contributed by atoms with E-state index in [4.69, 9.17) is 4.74 Å². The van der Waals surface area contributed by atoms with E-state index in [-0.39, 0.29) is 12.0 Å². The number of nitrogens with zero attached hydrogens (tertiary/aromatic N) is 4. The fourth-order valence-electron chi connectivity index (χ4n) is 5.49. The Kier molecular flexibility index (Phi) is 8.92. The molecular weight excluding hydrogens is 444 g/mol. The summed E-state index contributed by atoms with van der Waals surface area (Å²) in [5, 5.41) is 9.55. The number of carbonyl (C=O) groups excluding carboxylic acids is 1. The van der Waals surface area contributed by atoms with Gasteiger partial charge in [-0.15, -0.1) is 10.2 Å². The highest BCUT2D eigenvalue weighted by Gasteiger charge is 2.32. The van der Waals surface area contributed by atoms with Crippen LogP contribution in [0.3, 0.4) is 0 Å². The molecule has 0 radical (unpaired) electrons. The Balaban J connectivity index is 1.38. The van der Waals surface area contributed by atoms with Crippen molar-refractivity contribution in [2.45, 2.75) is 108 Å². The molecule has 2 aromatic rings. The molecule has 34 heavy (non-hydrogen) atoms. The standard InChI is InChI=1S/C27H40N4O2S/c1-4-21-15-17-24(18-16-21)33-20(2)26-28-29-27(30(26)3)34-19-25(32)31(22-11-7-5-8-12-22)23-13-9-6-10-14-23/h15-18,20,22-23H,4-14,19H2,1-3H3/t20-/m0/s1. The molecule has 1 aromatic carbocycles. The summed E-state index contributed by atoms with van der Waals surface area (Å²) in [5.74, 6) is 2.29. The van der Waals surface area contributed by atoms with E-state index in [0.717, 1.165) is 48.8 Å². The number of benzene rings is 1. The summed E-state index contributed by atoms with van der Waals surface area (Å²) in [6, 6.07) is 9.04. The van der Waals surface area contributed by atoms with Gasteiger partial charge in [-0.1, -0.05) is 69.3 Å². The van der Waals surface area contributed by atoms with E-state index >= 15 is 0 Å². The minimum atomic E-state index is -0.226. The number of aryl methyl sites for hydroxylation is 1. The Morgan fingerprint density at radius 3 is 2.18 bits per heavy atom. The van der Waals surface area contributed by atoms with Gasteiger partial charge in [-0.05, 0) is 56.7 Å². The third kappa shape index (κ3) is 6.15. The fourth-order valence-corrected chi connectivity index (χ4v) is 6.28. The van der Waals surface area contributed by atoms with Gasteiger partial charge in [0.25, 0.3) is 0 Å². The summed E-state index contributed by atoms with van der Waals surface area (Å²) in [4.78, 5) is 15.8. The number of carbonyl (C=O) groups is 1. The molecule has 1 atom stereocenters. The van der Waals surface area contributed by atoms with Crippen LogP contribution >= 0.6 is 11.8 Å². The summed E-state index contributed by atoms with van der Waals surface area (Å²) in [5.41, 5.74) is 1.29. The van der Waals surface area contributed by atoms with Gasteiger partial charge in [0.15, 0.2) is 17.1 Å². The molecule has 0 N–H and O–H groups in total. The molecule has 1 aromatic heterocycles. The van der Waals surface area contributed by atoms with Crippen LogP contribution in [0.15, 0.2) is 29.4 Å². The van der Waals surface area contributed by atoms with Crippen molar-refractivity contribution in [2.75, 3.05) is 5.75 Å². The van der Waals surface area contributed by atoms with Crippen LogP contribution in [0.5, 0.6) is 5.75 Å². The van der Waals surface area contributed by atoms with Crippen molar-refractivity contribution in [1.29, 1.82) is 0 Å². The number of hydrogen-bond acceptors (Lipinski definition) is 5. The molecule has 0 spiro atoms. The molecule has 0 aliphatic heterocycles. The zero-order valence-corrected chi connectivity index (χ0v) is 21.9. The number of ether oxygens (including phenoxy) is 1. The van der Waals surface area contributed by atoms with E-state index in [0.29, 0.717) is 17.8 Å². The minimum absolute atomic E-state index is 0.226. The van der Waals surface area contributed by atoms with E-state index in [1.54, 1.807) is 0 Å². The van der Waals surface area contributed by atoms with Gasteiger partial charge in [-0.3, -0.25) is 4.79 Å². The highest BCUT2D eigenvalue weighted by Crippen LogP contribution is 2.31. The van der Waals surface area contributed by atoms with Gasteiger partial charge < -0.3 is 14.2 Å². The maximum Gasteiger partial charge on any atom is 0.233 e. The number of thioether (sulfide) groups is 1. The van der Waals surface area contributed by atoms with Gasteiger partial charge in [0.05, 0.1) is 5.75 Å². The van der Waals surface area contributed by atoms with Gasteiger partial charge in [-0.2, -0.15) is 0 Å². The van der Waals surface area contributed by atoms with Crippen molar-refractivity contribution in [3.63, 3.8) is 0 Å². The van der Waals surface area contributed by atoms with Crippen LogP contribution in [-0.4, -0.2) is 43.4 Å². The second kappa shape index (κ2) is 12.1.